The number of halogens is 1. The fraction of sp³-hybridized carbons (Fsp3) is 0.867. The average Bonchev–Trinajstić information content (AvgIpc) is 3.04. The summed E-state index contributed by atoms with van der Waals surface area (Å²) in [7, 11) is 0.527. The van der Waals surface area contributed by atoms with Crippen molar-refractivity contribution in [2.75, 3.05) is 79.1 Å². The van der Waals surface area contributed by atoms with Gasteiger partial charge in [0.15, 0.2) is 0 Å². The molecule has 0 aliphatic carbocycles. The molecule has 0 bridgehead atoms. The second-order valence-electron chi connectivity index (χ2n) is 10.6. The van der Waals surface area contributed by atoms with E-state index in [9.17, 15) is 9.13 Å². The zero-order chi connectivity index (χ0) is 36.0. The molecule has 0 aromatic heterocycles. The zero-order valence-electron chi connectivity index (χ0n) is 30.4. The quantitative estimate of drug-likeness (QED) is 0.127. The van der Waals surface area contributed by atoms with E-state index in [1.165, 1.54) is 0 Å². The van der Waals surface area contributed by atoms with E-state index < -0.39 is 15.2 Å². The highest BCUT2D eigenvalue weighted by molar-refractivity contribution is 9.09. The van der Waals surface area contributed by atoms with Crippen LogP contribution in [-0.4, -0.2) is 121 Å². The van der Waals surface area contributed by atoms with Gasteiger partial charge in [0.2, 0.25) is 23.6 Å². The van der Waals surface area contributed by atoms with Crippen molar-refractivity contribution in [2.24, 2.45) is 31.8 Å². The van der Waals surface area contributed by atoms with E-state index in [2.05, 4.69) is 63.6 Å². The van der Waals surface area contributed by atoms with Crippen LogP contribution >= 0.6 is 31.1 Å². The molecule has 0 fully saturated rings. The first-order valence-corrected chi connectivity index (χ1v) is 20.6. The summed E-state index contributed by atoms with van der Waals surface area (Å²) in [6.45, 7) is 17.5. The smallest absolute Gasteiger partial charge is 0.331 e. The van der Waals surface area contributed by atoms with E-state index >= 15 is 0 Å². The van der Waals surface area contributed by atoms with Crippen LogP contribution in [0.15, 0.2) is 20.0 Å². The summed E-state index contributed by atoms with van der Waals surface area (Å²) in [5.41, 5.74) is 0. The maximum Gasteiger partial charge on any atom is 0.331 e. The van der Waals surface area contributed by atoms with E-state index in [0.29, 0.717) is 80.4 Å². The lowest BCUT2D eigenvalue weighted by molar-refractivity contribution is 0.219. The Hall–Kier alpha value is -1.34. The number of nitrogens with zero attached hydrogens (tertiary/aromatic N) is 4. The summed E-state index contributed by atoms with van der Waals surface area (Å²) in [6.07, 6.45) is 1.16. The summed E-state index contributed by atoms with van der Waals surface area (Å²) in [5.74, 6) is 3.12. The van der Waals surface area contributed by atoms with E-state index in [4.69, 9.17) is 37.0 Å². The molecule has 14 nitrogen and oxygen atoms in total. The molecule has 0 N–H and O–H groups in total. The molecule has 0 radical (unpaired) electrons. The van der Waals surface area contributed by atoms with E-state index in [1.54, 1.807) is 56.1 Å². The Labute approximate surface area is 291 Å². The van der Waals surface area contributed by atoms with Crippen LogP contribution in [0, 0.1) is 11.8 Å². The number of aliphatic imine (C=N–C) groups is 4. The third-order valence-electron chi connectivity index (χ3n) is 6.46. The molecule has 0 amide bonds. The summed E-state index contributed by atoms with van der Waals surface area (Å²) in [6, 6.07) is -0.482. The highest BCUT2D eigenvalue weighted by Gasteiger charge is 2.33. The van der Waals surface area contributed by atoms with Gasteiger partial charge in [-0.15, -0.1) is 0 Å². The van der Waals surface area contributed by atoms with Gasteiger partial charge in [0.25, 0.3) is 0 Å². The standard InChI is InChI=1S/C15H29N2O5P.C9H16N2O2.C6H14BrO3P/c1-7-21-23(18,22-8-2)10-9-12-14(19-5)17-13(11(3)4)15(16-12)20-6;1-6(2)8-9(13-4)10-5-7(11-8)12-3;1-3-9-11(8,6-5-7)10-4-2/h11-13H,7-10H2,1-6H3;6,8H,5H2,1-4H3;3-6H2,1-2H3/t12-,13+;8-;/m10./s1. The maximum atomic E-state index is 12.6. The van der Waals surface area contributed by atoms with Gasteiger partial charge in [0.05, 0.1) is 67.2 Å². The molecule has 0 aromatic carbocycles. The third-order valence-corrected chi connectivity index (χ3v) is 11.7. The second kappa shape index (κ2) is 24.7. The van der Waals surface area contributed by atoms with Crippen molar-refractivity contribution in [3.63, 3.8) is 0 Å². The Morgan fingerprint density at radius 1 is 0.660 bits per heavy atom. The van der Waals surface area contributed by atoms with Gasteiger partial charge in [-0.1, -0.05) is 43.6 Å². The predicted octanol–water partition coefficient (Wildman–Crippen LogP) is 6.90. The Kier molecular flexibility index (Phi) is 24.0. The molecule has 0 spiro atoms. The molecule has 276 valence electrons. The summed E-state index contributed by atoms with van der Waals surface area (Å²) in [4.78, 5) is 17.8. The van der Waals surface area contributed by atoms with Gasteiger partial charge in [0.1, 0.15) is 24.7 Å². The van der Waals surface area contributed by atoms with Crippen molar-refractivity contribution >= 4 is 54.7 Å². The Bertz CT molecular complexity index is 1070. The number of ether oxygens (including phenoxy) is 4. The van der Waals surface area contributed by atoms with Crippen LogP contribution in [0.1, 0.15) is 61.8 Å². The minimum atomic E-state index is -3.11. The lowest BCUT2D eigenvalue weighted by Crippen LogP contribution is -2.37. The van der Waals surface area contributed by atoms with Crippen molar-refractivity contribution in [2.45, 2.75) is 79.9 Å². The van der Waals surface area contributed by atoms with Crippen molar-refractivity contribution in [1.29, 1.82) is 0 Å². The summed E-state index contributed by atoms with van der Waals surface area (Å²) >= 11 is 3.19. The second-order valence-corrected chi connectivity index (χ2v) is 15.8. The van der Waals surface area contributed by atoms with Crippen LogP contribution < -0.4 is 0 Å². The normalized spacial score (nSPS) is 19.7. The van der Waals surface area contributed by atoms with Crippen LogP contribution in [0.2, 0.25) is 0 Å². The zero-order valence-corrected chi connectivity index (χ0v) is 33.8. The van der Waals surface area contributed by atoms with Gasteiger partial charge < -0.3 is 37.0 Å². The number of alkyl halides is 1. The van der Waals surface area contributed by atoms with E-state index in [1.807, 2.05) is 0 Å². The predicted molar refractivity (Wildman–Crippen MR) is 194 cm³/mol. The highest BCUT2D eigenvalue weighted by atomic mass is 79.9. The van der Waals surface area contributed by atoms with Gasteiger partial charge in [-0.05, 0) is 46.0 Å². The molecule has 47 heavy (non-hydrogen) atoms. The molecule has 3 atom stereocenters. The van der Waals surface area contributed by atoms with Crippen LogP contribution in [0.5, 0.6) is 0 Å². The van der Waals surface area contributed by atoms with Gasteiger partial charge in [-0.2, -0.15) is 0 Å². The van der Waals surface area contributed by atoms with Gasteiger partial charge in [0, 0.05) is 5.33 Å². The van der Waals surface area contributed by atoms with Crippen LogP contribution in [0.3, 0.4) is 0 Å². The first-order valence-electron chi connectivity index (χ1n) is 16.0. The fourth-order valence-corrected chi connectivity index (χ4v) is 8.59. The number of hydrogen-bond donors (Lipinski definition) is 0. The van der Waals surface area contributed by atoms with Crippen LogP contribution in [0.25, 0.3) is 0 Å². The molecule has 0 saturated heterocycles. The minimum absolute atomic E-state index is 0.00806. The minimum Gasteiger partial charge on any atom is -0.483 e. The Morgan fingerprint density at radius 3 is 1.49 bits per heavy atom. The molecule has 0 aromatic rings. The van der Waals surface area contributed by atoms with Crippen molar-refractivity contribution in [1.82, 2.24) is 0 Å². The van der Waals surface area contributed by atoms with Crippen LogP contribution in [-0.2, 0) is 46.2 Å². The van der Waals surface area contributed by atoms with Crippen LogP contribution in [0.4, 0.5) is 0 Å². The molecular weight excluding hydrogens is 718 g/mol. The van der Waals surface area contributed by atoms with Crippen molar-refractivity contribution in [3.8, 4) is 0 Å². The Morgan fingerprint density at radius 2 is 1.11 bits per heavy atom. The average molecular weight is 778 g/mol. The largest absolute Gasteiger partial charge is 0.483 e. The fourth-order valence-electron chi connectivity index (χ4n) is 4.28. The number of hydrogen-bond acceptors (Lipinski definition) is 14. The first kappa shape index (κ1) is 45.7. The molecule has 17 heteroatoms. The summed E-state index contributed by atoms with van der Waals surface area (Å²) < 4.78 is 65.7. The molecule has 2 heterocycles. The maximum absolute atomic E-state index is 12.6. The van der Waals surface area contributed by atoms with Gasteiger partial charge >= 0.3 is 15.2 Å². The SMILES string of the molecule is CCOP(=O)(CCBr)OCC.CCOP(=O)(CC[C@H]1N=C(OC)[C@H](C(C)C)N=C1OC)OCC.COC1=N[C@@H](C(C)C)C(OC)=NC1. The van der Waals surface area contributed by atoms with Gasteiger partial charge in [-0.3, -0.25) is 9.13 Å². The topological polar surface area (TPSA) is 157 Å². The van der Waals surface area contributed by atoms with Crippen molar-refractivity contribution in [3.05, 3.63) is 0 Å². The monoisotopic (exact) mass is 776 g/mol. The number of methoxy groups -OCH3 is 4. The lowest BCUT2D eigenvalue weighted by atomic mass is 10.0. The van der Waals surface area contributed by atoms with Gasteiger partial charge in [-0.25, -0.2) is 20.0 Å². The molecule has 2 aliphatic heterocycles. The van der Waals surface area contributed by atoms with Crippen molar-refractivity contribution < 1.29 is 46.2 Å². The highest BCUT2D eigenvalue weighted by Crippen LogP contribution is 2.49. The van der Waals surface area contributed by atoms with E-state index in [0.717, 1.165) is 0 Å². The molecule has 2 rings (SSSR count). The van der Waals surface area contributed by atoms with E-state index in [-0.39, 0.29) is 30.2 Å². The molecular formula is C30H59BrN4O10P2. The molecule has 0 saturated carbocycles. The Balaban J connectivity index is 0.000000744. The lowest BCUT2D eigenvalue weighted by Gasteiger charge is -2.27. The third kappa shape index (κ3) is 16.7. The molecule has 0 unspecified atom stereocenters. The number of rotatable bonds is 15. The summed E-state index contributed by atoms with van der Waals surface area (Å²) in [5, 5.41) is 0.643. The molecule has 2 aliphatic rings. The first-order chi connectivity index (χ1) is 22.3.